The van der Waals surface area contributed by atoms with Crippen molar-refractivity contribution in [1.82, 2.24) is 0 Å². The number of alkyl halides is 9. The quantitative estimate of drug-likeness (QED) is 0.147. The molecule has 0 aromatic rings. The van der Waals surface area contributed by atoms with Crippen LogP contribution in [0.15, 0.2) is 0 Å². The first-order chi connectivity index (χ1) is 11.3. The molecule has 0 amide bonds. The topological polar surface area (TPSA) is 0 Å². The van der Waals surface area contributed by atoms with E-state index in [2.05, 4.69) is 13.8 Å². The van der Waals surface area contributed by atoms with E-state index in [1.807, 2.05) is 0 Å². The molecule has 0 aromatic heterocycles. The highest BCUT2D eigenvalue weighted by Crippen LogP contribution is 2.58. The minimum atomic E-state index is -6.91. The van der Waals surface area contributed by atoms with Gasteiger partial charge in [0.25, 0.3) is 6.69 Å². The van der Waals surface area contributed by atoms with E-state index in [9.17, 15) is 39.5 Å². The summed E-state index contributed by atoms with van der Waals surface area (Å²) in [5, 5.41) is 0. The van der Waals surface area contributed by atoms with Gasteiger partial charge >= 0.3 is 23.9 Å². The maximum atomic E-state index is 13.3. The lowest BCUT2D eigenvalue weighted by Crippen LogP contribution is -2.63. The van der Waals surface area contributed by atoms with Gasteiger partial charge in [-0.1, -0.05) is 52.9 Å². The zero-order valence-corrected chi connectivity index (χ0v) is 17.3. The molecule has 26 heavy (non-hydrogen) atoms. The van der Waals surface area contributed by atoms with Crippen LogP contribution >= 0.6 is 22.2 Å². The second-order valence-corrected chi connectivity index (χ2v) is 14.1. The number of hydrogen-bond acceptors (Lipinski definition) is 0. The smallest absolute Gasteiger partial charge is 0.200 e. The average Bonchev–Trinajstić information content (AvgIpc) is 2.45. The van der Waals surface area contributed by atoms with Gasteiger partial charge in [0, 0.05) is 5.54 Å². The van der Waals surface area contributed by atoms with E-state index in [-0.39, 0.29) is 0 Å². The minimum absolute atomic E-state index is 0.298. The molecule has 0 aliphatic rings. The van der Waals surface area contributed by atoms with E-state index in [1.165, 1.54) is 32.1 Å². The lowest BCUT2D eigenvalue weighted by Gasteiger charge is -2.38. The SMILES string of the molecule is CC(C(F)(F)C(F)(F)C(F)(F)C(F)(F)F)[Si](C)(Cl)Cl.CCCCCCC. The molecule has 0 fully saturated rings. The Hall–Kier alpha value is 0.167. The number of hydrogen-bond donors (Lipinski definition) is 0. The molecule has 0 bridgehead atoms. The first-order valence-corrected chi connectivity index (χ1v) is 12.5. The summed E-state index contributed by atoms with van der Waals surface area (Å²) in [5.74, 6) is -19.3. The Morgan fingerprint density at radius 2 is 1.08 bits per heavy atom. The van der Waals surface area contributed by atoms with E-state index < -0.39 is 36.2 Å². The molecule has 0 aliphatic heterocycles. The predicted octanol–water partition coefficient (Wildman–Crippen LogP) is 8.37. The summed E-state index contributed by atoms with van der Waals surface area (Å²) in [5.41, 5.74) is -2.73. The highest BCUT2D eigenvalue weighted by atomic mass is 35.7. The maximum absolute atomic E-state index is 13.3. The van der Waals surface area contributed by atoms with Gasteiger partial charge in [0.15, 0.2) is 0 Å². The van der Waals surface area contributed by atoms with E-state index in [0.29, 0.717) is 13.5 Å². The molecule has 0 saturated heterocycles. The molecule has 0 N–H and O–H groups in total. The summed E-state index contributed by atoms with van der Waals surface area (Å²) < 4.78 is 113. The highest BCUT2D eigenvalue weighted by Gasteiger charge is 2.83. The monoisotopic (exact) mass is 460 g/mol. The molecular formula is C14H23Cl2F9Si. The molecule has 1 atom stereocenters. The van der Waals surface area contributed by atoms with Crippen LogP contribution in [0.5, 0.6) is 0 Å². The number of rotatable bonds is 8. The largest absolute Gasteiger partial charge is 0.460 e. The molecule has 0 radical (unpaired) electrons. The zero-order chi connectivity index (χ0) is 21.6. The highest BCUT2D eigenvalue weighted by molar-refractivity contribution is 7.45. The van der Waals surface area contributed by atoms with Crippen molar-refractivity contribution in [1.29, 1.82) is 0 Å². The van der Waals surface area contributed by atoms with Crippen LogP contribution in [0, 0.1) is 0 Å². The standard InChI is InChI=1S/C7H7Cl2F9Si.C7H16/c1-3(19(2,8)9)4(10,11)5(12,13)6(14,15)7(16,17)18;1-3-5-7-6-4-2/h3H,1-2H3;3-7H2,1-2H3. The molecule has 12 heteroatoms. The third kappa shape index (κ3) is 6.96. The fourth-order valence-corrected chi connectivity index (χ4v) is 3.29. The van der Waals surface area contributed by atoms with Gasteiger partial charge in [0.2, 0.25) is 0 Å². The second kappa shape index (κ2) is 10.1. The average molecular weight is 461 g/mol. The van der Waals surface area contributed by atoms with Crippen LogP contribution in [0.3, 0.4) is 0 Å². The van der Waals surface area contributed by atoms with Gasteiger partial charge in [0.05, 0.1) is 0 Å². The Bertz CT molecular complexity index is 402. The van der Waals surface area contributed by atoms with Crippen LogP contribution < -0.4 is 0 Å². The molecule has 0 nitrogen and oxygen atoms in total. The van der Waals surface area contributed by atoms with Gasteiger partial charge in [-0.05, 0) is 6.55 Å². The van der Waals surface area contributed by atoms with E-state index in [0.717, 1.165) is 0 Å². The fourth-order valence-electron chi connectivity index (χ4n) is 1.65. The molecule has 160 valence electrons. The van der Waals surface area contributed by atoms with Gasteiger partial charge < -0.3 is 0 Å². The Kier molecular flexibility index (Phi) is 11.0. The summed E-state index contributed by atoms with van der Waals surface area (Å²) in [4.78, 5) is 0. The Morgan fingerprint density at radius 3 is 1.31 bits per heavy atom. The molecule has 0 spiro atoms. The van der Waals surface area contributed by atoms with Crippen molar-refractivity contribution in [2.45, 2.75) is 88.9 Å². The summed E-state index contributed by atoms with van der Waals surface area (Å²) in [6.07, 6.45) is 0.172. The van der Waals surface area contributed by atoms with Gasteiger partial charge in [-0.25, -0.2) is 0 Å². The second-order valence-electron chi connectivity index (χ2n) is 6.01. The Morgan fingerprint density at radius 1 is 0.731 bits per heavy atom. The van der Waals surface area contributed by atoms with Crippen LogP contribution in [0.2, 0.25) is 12.1 Å². The third-order valence-corrected chi connectivity index (χ3v) is 7.53. The molecule has 0 saturated carbocycles. The Balaban J connectivity index is 0. The lowest BCUT2D eigenvalue weighted by atomic mass is 10.0. The molecule has 0 heterocycles. The van der Waals surface area contributed by atoms with Gasteiger partial charge in [0.1, 0.15) is 0 Å². The fraction of sp³-hybridized carbons (Fsp3) is 1.00. The number of unbranched alkanes of at least 4 members (excludes halogenated alkanes) is 4. The summed E-state index contributed by atoms with van der Waals surface area (Å²) >= 11 is 10.4. The molecule has 0 aliphatic carbocycles. The van der Waals surface area contributed by atoms with Crippen LogP contribution in [-0.2, 0) is 0 Å². The zero-order valence-electron chi connectivity index (χ0n) is 14.8. The molecular weight excluding hydrogens is 438 g/mol. The van der Waals surface area contributed by atoms with Crippen molar-refractivity contribution in [3.63, 3.8) is 0 Å². The van der Waals surface area contributed by atoms with Crippen molar-refractivity contribution < 1.29 is 39.5 Å². The van der Waals surface area contributed by atoms with Gasteiger partial charge in [-0.2, -0.15) is 39.5 Å². The summed E-state index contributed by atoms with van der Waals surface area (Å²) in [6.45, 7) is 1.36. The van der Waals surface area contributed by atoms with E-state index >= 15 is 0 Å². The maximum Gasteiger partial charge on any atom is 0.460 e. The van der Waals surface area contributed by atoms with Crippen molar-refractivity contribution in [3.8, 4) is 0 Å². The lowest BCUT2D eigenvalue weighted by molar-refractivity contribution is -0.396. The predicted molar refractivity (Wildman–Crippen MR) is 88.1 cm³/mol. The minimum Gasteiger partial charge on any atom is -0.200 e. The van der Waals surface area contributed by atoms with E-state index in [1.54, 1.807) is 0 Å². The Labute approximate surface area is 157 Å². The first-order valence-electron chi connectivity index (χ1n) is 7.90. The van der Waals surface area contributed by atoms with Gasteiger partial charge in [-0.3, -0.25) is 0 Å². The normalized spacial score (nSPS) is 15.3. The molecule has 0 aromatic carbocycles. The van der Waals surface area contributed by atoms with Gasteiger partial charge in [-0.15, -0.1) is 22.2 Å². The third-order valence-electron chi connectivity index (χ3n) is 3.68. The molecule has 0 rings (SSSR count). The van der Waals surface area contributed by atoms with Crippen LogP contribution in [0.1, 0.15) is 52.9 Å². The van der Waals surface area contributed by atoms with Crippen LogP contribution in [-0.4, -0.2) is 30.6 Å². The van der Waals surface area contributed by atoms with Crippen molar-refractivity contribution in [3.05, 3.63) is 0 Å². The summed E-state index contributed by atoms with van der Waals surface area (Å²) in [6, 6.07) is 0. The summed E-state index contributed by atoms with van der Waals surface area (Å²) in [7, 11) is 0. The molecule has 1 unspecified atom stereocenters. The van der Waals surface area contributed by atoms with Crippen LogP contribution in [0.25, 0.3) is 0 Å². The van der Waals surface area contributed by atoms with Crippen molar-refractivity contribution in [2.24, 2.45) is 0 Å². The van der Waals surface area contributed by atoms with E-state index in [4.69, 9.17) is 22.2 Å². The van der Waals surface area contributed by atoms with Crippen LogP contribution in [0.4, 0.5) is 39.5 Å². The van der Waals surface area contributed by atoms with Crippen molar-refractivity contribution in [2.75, 3.05) is 0 Å². The first kappa shape index (κ1) is 28.4. The number of halogens is 11. The van der Waals surface area contributed by atoms with Crippen molar-refractivity contribution >= 4 is 28.9 Å².